The van der Waals surface area contributed by atoms with E-state index < -0.39 is 0 Å². The summed E-state index contributed by atoms with van der Waals surface area (Å²) >= 11 is 0. The Morgan fingerprint density at radius 2 is 1.70 bits per heavy atom. The fraction of sp³-hybridized carbons (Fsp3) is 0.294. The zero-order valence-electron chi connectivity index (χ0n) is 12.0. The van der Waals surface area contributed by atoms with Crippen LogP contribution in [0.25, 0.3) is 0 Å². The van der Waals surface area contributed by atoms with Gasteiger partial charge in [0.15, 0.2) is 0 Å². The van der Waals surface area contributed by atoms with Crippen LogP contribution in [-0.4, -0.2) is 30.8 Å². The van der Waals surface area contributed by atoms with E-state index in [9.17, 15) is 5.11 Å². The van der Waals surface area contributed by atoms with Crippen molar-refractivity contribution in [1.82, 2.24) is 4.90 Å². The molecule has 3 heteroatoms. The smallest absolute Gasteiger partial charge is 0.118 e. The fourth-order valence-electron chi connectivity index (χ4n) is 2.31. The third kappa shape index (κ3) is 3.59. The Bertz CT molecular complexity index is 510. The number of likely N-dealkylation sites (N-methyl/N-ethyl adjacent to an activating group) is 1. The highest BCUT2D eigenvalue weighted by Crippen LogP contribution is 2.23. The predicted octanol–water partition coefficient (Wildman–Crippen LogP) is 2.86. The molecule has 2 aromatic carbocycles. The van der Waals surface area contributed by atoms with Gasteiger partial charge in [-0.1, -0.05) is 42.5 Å². The molecule has 0 unspecified atom stereocenters. The van der Waals surface area contributed by atoms with Crippen LogP contribution in [0.15, 0.2) is 54.6 Å². The second kappa shape index (κ2) is 7.08. The Balaban J connectivity index is 2.10. The average molecular weight is 271 g/mol. The van der Waals surface area contributed by atoms with Crippen molar-refractivity contribution < 1.29 is 9.84 Å². The Hall–Kier alpha value is -1.84. The van der Waals surface area contributed by atoms with Gasteiger partial charge in [0.05, 0.1) is 19.8 Å². The lowest BCUT2D eigenvalue weighted by Gasteiger charge is -2.27. The molecule has 0 aliphatic carbocycles. The van der Waals surface area contributed by atoms with Crippen LogP contribution in [0, 0.1) is 0 Å². The Morgan fingerprint density at radius 1 is 1.05 bits per heavy atom. The van der Waals surface area contributed by atoms with Gasteiger partial charge in [-0.05, 0) is 30.3 Å². The molecule has 2 rings (SSSR count). The third-order valence-electron chi connectivity index (χ3n) is 3.48. The SMILES string of the molecule is COc1ccc([C@@H](CO)N(C)Cc2ccccc2)cc1. The van der Waals surface area contributed by atoms with E-state index in [0.717, 1.165) is 17.9 Å². The number of hydrogen-bond acceptors (Lipinski definition) is 3. The van der Waals surface area contributed by atoms with Gasteiger partial charge in [-0.25, -0.2) is 0 Å². The van der Waals surface area contributed by atoms with Crippen molar-refractivity contribution in [2.75, 3.05) is 20.8 Å². The van der Waals surface area contributed by atoms with Crippen LogP contribution < -0.4 is 4.74 Å². The summed E-state index contributed by atoms with van der Waals surface area (Å²) in [6.07, 6.45) is 0. The second-order valence-corrected chi connectivity index (χ2v) is 4.87. The van der Waals surface area contributed by atoms with Crippen molar-refractivity contribution in [2.45, 2.75) is 12.6 Å². The zero-order valence-corrected chi connectivity index (χ0v) is 12.0. The highest BCUT2D eigenvalue weighted by molar-refractivity contribution is 5.29. The second-order valence-electron chi connectivity index (χ2n) is 4.87. The topological polar surface area (TPSA) is 32.7 Å². The van der Waals surface area contributed by atoms with Gasteiger partial charge in [0, 0.05) is 6.54 Å². The number of benzene rings is 2. The third-order valence-corrected chi connectivity index (χ3v) is 3.48. The molecule has 3 nitrogen and oxygen atoms in total. The normalized spacial score (nSPS) is 12.4. The van der Waals surface area contributed by atoms with Gasteiger partial charge in [-0.15, -0.1) is 0 Å². The lowest BCUT2D eigenvalue weighted by molar-refractivity contribution is 0.142. The van der Waals surface area contributed by atoms with Crippen molar-refractivity contribution in [3.8, 4) is 5.75 Å². The van der Waals surface area contributed by atoms with Crippen LogP contribution >= 0.6 is 0 Å². The van der Waals surface area contributed by atoms with Crippen molar-refractivity contribution in [3.05, 3.63) is 65.7 Å². The molecule has 1 atom stereocenters. The Morgan fingerprint density at radius 3 is 2.25 bits per heavy atom. The van der Waals surface area contributed by atoms with Gasteiger partial charge in [0.25, 0.3) is 0 Å². The summed E-state index contributed by atoms with van der Waals surface area (Å²) in [5.74, 6) is 0.830. The summed E-state index contributed by atoms with van der Waals surface area (Å²) in [6, 6.07) is 18.1. The Labute approximate surface area is 120 Å². The molecule has 1 N–H and O–H groups in total. The molecule has 0 heterocycles. The number of hydrogen-bond donors (Lipinski definition) is 1. The zero-order chi connectivity index (χ0) is 14.4. The van der Waals surface area contributed by atoms with Crippen LogP contribution in [-0.2, 0) is 6.54 Å². The standard InChI is InChI=1S/C17H21NO2/c1-18(12-14-6-4-3-5-7-14)17(13-19)15-8-10-16(20-2)11-9-15/h3-11,17,19H,12-13H2,1-2H3/t17-/m1/s1. The van der Waals surface area contributed by atoms with Crippen molar-refractivity contribution in [1.29, 1.82) is 0 Å². The van der Waals surface area contributed by atoms with E-state index in [4.69, 9.17) is 4.74 Å². The van der Waals surface area contributed by atoms with Crippen LogP contribution in [0.2, 0.25) is 0 Å². The van der Waals surface area contributed by atoms with E-state index in [1.807, 2.05) is 49.5 Å². The summed E-state index contributed by atoms with van der Waals surface area (Å²) in [4.78, 5) is 2.15. The van der Waals surface area contributed by atoms with E-state index in [0.29, 0.717) is 0 Å². The molecule has 2 aromatic rings. The molecule has 0 aliphatic heterocycles. The van der Waals surface area contributed by atoms with Crippen molar-refractivity contribution in [3.63, 3.8) is 0 Å². The van der Waals surface area contributed by atoms with Crippen LogP contribution in [0.3, 0.4) is 0 Å². The number of nitrogens with zero attached hydrogens (tertiary/aromatic N) is 1. The summed E-state index contributed by atoms with van der Waals surface area (Å²) in [5, 5.41) is 9.68. The van der Waals surface area contributed by atoms with E-state index in [2.05, 4.69) is 17.0 Å². The highest BCUT2D eigenvalue weighted by atomic mass is 16.5. The molecule has 0 aliphatic rings. The maximum atomic E-state index is 9.68. The largest absolute Gasteiger partial charge is 0.497 e. The maximum Gasteiger partial charge on any atom is 0.118 e. The molecule has 0 bridgehead atoms. The van der Waals surface area contributed by atoms with Gasteiger partial charge in [0.2, 0.25) is 0 Å². The first-order valence-electron chi connectivity index (χ1n) is 6.73. The highest BCUT2D eigenvalue weighted by Gasteiger charge is 2.16. The number of methoxy groups -OCH3 is 1. The van der Waals surface area contributed by atoms with E-state index in [-0.39, 0.29) is 12.6 Å². The monoisotopic (exact) mass is 271 g/mol. The van der Waals surface area contributed by atoms with Crippen molar-refractivity contribution >= 4 is 0 Å². The van der Waals surface area contributed by atoms with Crippen LogP contribution in [0.4, 0.5) is 0 Å². The molecule has 0 saturated heterocycles. The van der Waals surface area contributed by atoms with Crippen molar-refractivity contribution in [2.24, 2.45) is 0 Å². The van der Waals surface area contributed by atoms with E-state index in [1.165, 1.54) is 5.56 Å². The minimum Gasteiger partial charge on any atom is -0.497 e. The molecule has 0 radical (unpaired) electrons. The molecule has 0 saturated carbocycles. The lowest BCUT2D eigenvalue weighted by Crippen LogP contribution is -2.26. The maximum absolute atomic E-state index is 9.68. The molecular weight excluding hydrogens is 250 g/mol. The number of rotatable bonds is 6. The molecular formula is C17H21NO2. The van der Waals surface area contributed by atoms with Gasteiger partial charge in [-0.2, -0.15) is 0 Å². The first kappa shape index (κ1) is 14.6. The Kier molecular flexibility index (Phi) is 5.16. The first-order valence-corrected chi connectivity index (χ1v) is 6.73. The molecule has 106 valence electrons. The predicted molar refractivity (Wildman–Crippen MR) is 80.7 cm³/mol. The van der Waals surface area contributed by atoms with Crippen LogP contribution in [0.5, 0.6) is 5.75 Å². The van der Waals surface area contributed by atoms with Gasteiger partial charge >= 0.3 is 0 Å². The number of ether oxygens (including phenoxy) is 1. The summed E-state index contributed by atoms with van der Waals surface area (Å²) in [7, 11) is 3.68. The first-order chi connectivity index (χ1) is 9.74. The van der Waals surface area contributed by atoms with Crippen LogP contribution in [0.1, 0.15) is 17.2 Å². The number of aliphatic hydroxyl groups is 1. The van der Waals surface area contributed by atoms with Gasteiger partial charge in [0.1, 0.15) is 5.75 Å². The molecule has 0 amide bonds. The lowest BCUT2D eigenvalue weighted by atomic mass is 10.1. The minimum atomic E-state index is -0.0129. The van der Waals surface area contributed by atoms with Gasteiger partial charge in [-0.3, -0.25) is 4.90 Å². The van der Waals surface area contributed by atoms with Gasteiger partial charge < -0.3 is 9.84 Å². The fourth-order valence-corrected chi connectivity index (χ4v) is 2.31. The summed E-state index contributed by atoms with van der Waals surface area (Å²) in [6.45, 7) is 0.897. The summed E-state index contributed by atoms with van der Waals surface area (Å²) in [5.41, 5.74) is 2.33. The van der Waals surface area contributed by atoms with E-state index >= 15 is 0 Å². The number of aliphatic hydroxyl groups excluding tert-OH is 1. The quantitative estimate of drug-likeness (QED) is 0.877. The average Bonchev–Trinajstić information content (AvgIpc) is 2.49. The molecule has 0 aromatic heterocycles. The molecule has 0 spiro atoms. The summed E-state index contributed by atoms with van der Waals surface area (Å²) < 4.78 is 5.16. The molecule has 20 heavy (non-hydrogen) atoms. The van der Waals surface area contributed by atoms with E-state index in [1.54, 1.807) is 7.11 Å². The minimum absolute atomic E-state index is 0.0129. The molecule has 0 fully saturated rings.